The highest BCUT2D eigenvalue weighted by Gasteiger charge is 2.10. The summed E-state index contributed by atoms with van der Waals surface area (Å²) in [6.45, 7) is 2.07. The predicted molar refractivity (Wildman–Crippen MR) is 75.8 cm³/mol. The first-order chi connectivity index (χ1) is 8.16. The highest BCUT2D eigenvalue weighted by atomic mass is 79.9. The molecule has 88 valence electrons. The second-order valence-corrected chi connectivity index (χ2v) is 5.64. The summed E-state index contributed by atoms with van der Waals surface area (Å²) in [5, 5.41) is 3.85. The van der Waals surface area contributed by atoms with Crippen LogP contribution in [0.3, 0.4) is 0 Å². The normalized spacial score (nSPS) is 10.5. The average Bonchev–Trinajstić information content (AvgIpc) is 2.74. The van der Waals surface area contributed by atoms with Crippen LogP contribution < -0.4 is 0 Å². The Kier molecular flexibility index (Phi) is 4.13. The maximum atomic E-state index is 11.9. The largest absolute Gasteiger partial charge is 0.294 e. The Morgan fingerprint density at radius 2 is 1.94 bits per heavy atom. The van der Waals surface area contributed by atoms with Crippen molar-refractivity contribution < 1.29 is 4.79 Å². The summed E-state index contributed by atoms with van der Waals surface area (Å²) in [6, 6.07) is 8.34. The number of rotatable bonds is 4. The van der Waals surface area contributed by atoms with Gasteiger partial charge in [-0.2, -0.15) is 11.3 Å². The van der Waals surface area contributed by atoms with Gasteiger partial charge in [0.2, 0.25) is 0 Å². The van der Waals surface area contributed by atoms with E-state index in [1.54, 1.807) is 11.3 Å². The van der Waals surface area contributed by atoms with Crippen LogP contribution in [0, 0.1) is 6.92 Å². The van der Waals surface area contributed by atoms with E-state index < -0.39 is 0 Å². The first-order valence-electron chi connectivity index (χ1n) is 5.47. The lowest BCUT2D eigenvalue weighted by atomic mass is 10.0. The van der Waals surface area contributed by atoms with E-state index in [0.29, 0.717) is 6.42 Å². The van der Waals surface area contributed by atoms with Crippen molar-refractivity contribution >= 4 is 33.0 Å². The summed E-state index contributed by atoms with van der Waals surface area (Å²) >= 11 is 4.94. The van der Waals surface area contributed by atoms with Gasteiger partial charge in [0, 0.05) is 27.2 Å². The quantitative estimate of drug-likeness (QED) is 0.752. The van der Waals surface area contributed by atoms with Gasteiger partial charge in [-0.15, -0.1) is 0 Å². The van der Waals surface area contributed by atoms with Gasteiger partial charge in [0.25, 0.3) is 0 Å². The van der Waals surface area contributed by atoms with E-state index in [9.17, 15) is 4.79 Å². The average molecular weight is 309 g/mol. The summed E-state index contributed by atoms with van der Waals surface area (Å²) in [5.74, 6) is 0.207. The second-order valence-electron chi connectivity index (χ2n) is 4.04. The minimum Gasteiger partial charge on any atom is -0.294 e. The number of Topliss-reactive ketones (excluding diaryl/α,β-unsaturated/α-hetero) is 1. The predicted octanol–water partition coefficient (Wildman–Crippen LogP) is 4.63. The van der Waals surface area contributed by atoms with Crippen molar-refractivity contribution in [1.82, 2.24) is 0 Å². The molecule has 3 heteroatoms. The number of halogens is 1. The van der Waals surface area contributed by atoms with Crippen LogP contribution in [-0.2, 0) is 6.42 Å². The lowest BCUT2D eigenvalue weighted by Crippen LogP contribution is -2.00. The van der Waals surface area contributed by atoms with Crippen LogP contribution >= 0.6 is 27.3 Å². The van der Waals surface area contributed by atoms with Crippen LogP contribution in [0.5, 0.6) is 0 Å². The van der Waals surface area contributed by atoms with Gasteiger partial charge in [0.1, 0.15) is 0 Å². The Labute approximate surface area is 114 Å². The van der Waals surface area contributed by atoms with Crippen molar-refractivity contribution in [2.75, 3.05) is 0 Å². The lowest BCUT2D eigenvalue weighted by Gasteiger charge is -2.01. The zero-order chi connectivity index (χ0) is 12.3. The highest BCUT2D eigenvalue weighted by Crippen LogP contribution is 2.23. The highest BCUT2D eigenvalue weighted by molar-refractivity contribution is 9.10. The molecule has 1 heterocycles. The van der Waals surface area contributed by atoms with Crippen molar-refractivity contribution in [1.29, 1.82) is 0 Å². The second kappa shape index (κ2) is 5.61. The zero-order valence-corrected chi connectivity index (χ0v) is 12.0. The molecule has 0 aliphatic carbocycles. The Balaban J connectivity index is 1.97. The fraction of sp³-hybridized carbons (Fsp3) is 0.214. The minimum atomic E-state index is 0.207. The number of aryl methyl sites for hydroxylation is 2. The van der Waals surface area contributed by atoms with Crippen molar-refractivity contribution in [3.8, 4) is 0 Å². The third kappa shape index (κ3) is 3.27. The molecule has 17 heavy (non-hydrogen) atoms. The number of benzene rings is 1. The molecule has 0 spiro atoms. The van der Waals surface area contributed by atoms with Gasteiger partial charge >= 0.3 is 0 Å². The molecule has 2 rings (SSSR count). The van der Waals surface area contributed by atoms with Gasteiger partial charge in [-0.25, -0.2) is 0 Å². The van der Waals surface area contributed by atoms with E-state index in [1.807, 2.05) is 10.8 Å². The Morgan fingerprint density at radius 1 is 1.24 bits per heavy atom. The summed E-state index contributed by atoms with van der Waals surface area (Å²) in [5.41, 5.74) is 3.28. The number of thiophene rings is 1. The summed E-state index contributed by atoms with van der Waals surface area (Å²) in [7, 11) is 0. The maximum absolute atomic E-state index is 11.9. The molecule has 1 aromatic heterocycles. The van der Waals surface area contributed by atoms with Crippen LogP contribution in [0.1, 0.15) is 27.9 Å². The van der Waals surface area contributed by atoms with Crippen LogP contribution in [-0.4, -0.2) is 5.78 Å². The van der Waals surface area contributed by atoms with Gasteiger partial charge < -0.3 is 0 Å². The minimum absolute atomic E-state index is 0.207. The molecule has 0 unspecified atom stereocenters. The third-order valence-electron chi connectivity index (χ3n) is 2.68. The first kappa shape index (κ1) is 12.5. The third-order valence-corrected chi connectivity index (χ3v) is 4.38. The molecule has 1 aromatic carbocycles. The van der Waals surface area contributed by atoms with Crippen LogP contribution in [0.2, 0.25) is 0 Å². The molecule has 0 saturated carbocycles. The number of hydrogen-bond acceptors (Lipinski definition) is 2. The molecule has 0 aliphatic rings. The molecule has 0 saturated heterocycles. The molecule has 0 atom stereocenters. The molecule has 0 aliphatic heterocycles. The van der Waals surface area contributed by atoms with E-state index in [0.717, 1.165) is 16.5 Å². The van der Waals surface area contributed by atoms with Crippen molar-refractivity contribution in [2.24, 2.45) is 0 Å². The summed E-state index contributed by atoms with van der Waals surface area (Å²) in [6.07, 6.45) is 1.37. The topological polar surface area (TPSA) is 17.1 Å². The fourth-order valence-electron chi connectivity index (χ4n) is 1.63. The number of carbonyl (C=O) groups is 1. The molecule has 0 bridgehead atoms. The molecule has 0 amide bonds. The van der Waals surface area contributed by atoms with Crippen molar-refractivity contribution in [3.05, 3.63) is 56.2 Å². The van der Waals surface area contributed by atoms with Crippen molar-refractivity contribution in [3.63, 3.8) is 0 Å². The SMILES string of the molecule is Cc1ccc(CCC(=O)c2cscc2Br)cc1. The van der Waals surface area contributed by atoms with Crippen LogP contribution in [0.25, 0.3) is 0 Å². The zero-order valence-electron chi connectivity index (χ0n) is 9.57. The standard InChI is InChI=1S/C14H13BrOS/c1-10-2-4-11(5-3-10)6-7-14(16)12-8-17-9-13(12)15/h2-5,8-9H,6-7H2,1H3. The maximum Gasteiger partial charge on any atom is 0.165 e. The molecule has 0 fully saturated rings. The number of ketones is 1. The molecule has 2 aromatic rings. The van der Waals surface area contributed by atoms with E-state index in [-0.39, 0.29) is 5.78 Å². The van der Waals surface area contributed by atoms with Gasteiger partial charge in [-0.3, -0.25) is 4.79 Å². The smallest absolute Gasteiger partial charge is 0.165 e. The van der Waals surface area contributed by atoms with Crippen molar-refractivity contribution in [2.45, 2.75) is 19.8 Å². The summed E-state index contributed by atoms with van der Waals surface area (Å²) in [4.78, 5) is 11.9. The van der Waals surface area contributed by atoms with Gasteiger partial charge in [0.15, 0.2) is 5.78 Å². The van der Waals surface area contributed by atoms with E-state index in [2.05, 4.69) is 47.1 Å². The van der Waals surface area contributed by atoms with Gasteiger partial charge in [-0.1, -0.05) is 29.8 Å². The Bertz CT molecular complexity index is 513. The van der Waals surface area contributed by atoms with E-state index in [4.69, 9.17) is 0 Å². The van der Waals surface area contributed by atoms with Gasteiger partial charge in [-0.05, 0) is 34.8 Å². The fourth-order valence-corrected chi connectivity index (χ4v) is 3.15. The molecule has 0 N–H and O–H groups in total. The Hall–Kier alpha value is -0.930. The number of carbonyl (C=O) groups excluding carboxylic acids is 1. The molecule has 1 nitrogen and oxygen atoms in total. The van der Waals surface area contributed by atoms with E-state index in [1.165, 1.54) is 11.1 Å². The van der Waals surface area contributed by atoms with Gasteiger partial charge in [0.05, 0.1) is 0 Å². The molecule has 0 radical (unpaired) electrons. The molecular formula is C14H13BrOS. The van der Waals surface area contributed by atoms with E-state index >= 15 is 0 Å². The lowest BCUT2D eigenvalue weighted by molar-refractivity contribution is 0.0982. The summed E-state index contributed by atoms with van der Waals surface area (Å²) < 4.78 is 0.913. The Morgan fingerprint density at radius 3 is 2.53 bits per heavy atom. The first-order valence-corrected chi connectivity index (χ1v) is 7.21. The molecular weight excluding hydrogens is 296 g/mol. The number of hydrogen-bond donors (Lipinski definition) is 0. The monoisotopic (exact) mass is 308 g/mol. The van der Waals surface area contributed by atoms with Crippen LogP contribution in [0.15, 0.2) is 39.5 Å². The van der Waals surface area contributed by atoms with Crippen LogP contribution in [0.4, 0.5) is 0 Å².